The molecule has 2 aromatic rings. The van der Waals surface area contributed by atoms with E-state index in [0.717, 1.165) is 9.87 Å². The van der Waals surface area contributed by atoms with Crippen LogP contribution in [0, 0.1) is 0 Å². The van der Waals surface area contributed by atoms with Gasteiger partial charge in [0, 0.05) is 19.7 Å². The SMILES string of the molecule is COc1ccc(S(=O)(=O)N(CC(=O)NCCCO)Cc2ccccc2)cc1. The summed E-state index contributed by atoms with van der Waals surface area (Å²) >= 11 is 0. The number of rotatable bonds is 10. The third kappa shape index (κ3) is 6.06. The van der Waals surface area contributed by atoms with E-state index in [-0.39, 0.29) is 31.1 Å². The lowest BCUT2D eigenvalue weighted by atomic mass is 10.2. The zero-order valence-corrected chi connectivity index (χ0v) is 16.0. The summed E-state index contributed by atoms with van der Waals surface area (Å²) < 4.78 is 32.3. The highest BCUT2D eigenvalue weighted by atomic mass is 32.2. The number of ether oxygens (including phenoxy) is 1. The maximum Gasteiger partial charge on any atom is 0.243 e. The van der Waals surface area contributed by atoms with E-state index in [1.54, 1.807) is 24.3 Å². The molecule has 2 N–H and O–H groups in total. The third-order valence-corrected chi connectivity index (χ3v) is 5.68. The van der Waals surface area contributed by atoms with Gasteiger partial charge in [0.2, 0.25) is 15.9 Å². The molecule has 0 bridgehead atoms. The van der Waals surface area contributed by atoms with E-state index in [4.69, 9.17) is 9.84 Å². The van der Waals surface area contributed by atoms with Crippen LogP contribution in [0.1, 0.15) is 12.0 Å². The Morgan fingerprint density at radius 2 is 1.78 bits per heavy atom. The van der Waals surface area contributed by atoms with Gasteiger partial charge in [0.1, 0.15) is 5.75 Å². The van der Waals surface area contributed by atoms with Gasteiger partial charge in [-0.25, -0.2) is 8.42 Å². The fourth-order valence-electron chi connectivity index (χ4n) is 2.43. The third-order valence-electron chi connectivity index (χ3n) is 3.88. The van der Waals surface area contributed by atoms with Gasteiger partial charge in [0.25, 0.3) is 0 Å². The first-order valence-corrected chi connectivity index (χ1v) is 9.97. The Kier molecular flexibility index (Phi) is 7.78. The first kappa shape index (κ1) is 20.9. The van der Waals surface area contributed by atoms with Crippen LogP contribution < -0.4 is 10.1 Å². The second-order valence-electron chi connectivity index (χ2n) is 5.86. The van der Waals surface area contributed by atoms with Crippen molar-refractivity contribution in [3.8, 4) is 5.75 Å². The Morgan fingerprint density at radius 3 is 2.37 bits per heavy atom. The van der Waals surface area contributed by atoms with Crippen molar-refractivity contribution in [3.05, 3.63) is 60.2 Å². The molecule has 0 saturated heterocycles. The number of aliphatic hydroxyl groups excluding tert-OH is 1. The van der Waals surface area contributed by atoms with Crippen molar-refractivity contribution in [2.24, 2.45) is 0 Å². The quantitative estimate of drug-likeness (QED) is 0.596. The molecule has 146 valence electrons. The van der Waals surface area contributed by atoms with Crippen LogP contribution >= 0.6 is 0 Å². The fraction of sp³-hybridized carbons (Fsp3) is 0.316. The molecule has 0 aromatic heterocycles. The van der Waals surface area contributed by atoms with Crippen molar-refractivity contribution >= 4 is 15.9 Å². The fourth-order valence-corrected chi connectivity index (χ4v) is 3.82. The molecule has 0 radical (unpaired) electrons. The summed E-state index contributed by atoms with van der Waals surface area (Å²) in [5, 5.41) is 11.4. The molecule has 27 heavy (non-hydrogen) atoms. The van der Waals surface area contributed by atoms with Crippen LogP contribution in [-0.4, -0.2) is 50.5 Å². The molecular formula is C19H24N2O5S. The Labute approximate surface area is 159 Å². The van der Waals surface area contributed by atoms with Gasteiger partial charge in [-0.05, 0) is 36.2 Å². The number of carbonyl (C=O) groups is 1. The minimum absolute atomic E-state index is 0.0435. The number of hydrogen-bond acceptors (Lipinski definition) is 5. The van der Waals surface area contributed by atoms with Crippen LogP contribution in [0.25, 0.3) is 0 Å². The molecule has 2 aromatic carbocycles. The van der Waals surface area contributed by atoms with Gasteiger partial charge >= 0.3 is 0 Å². The summed E-state index contributed by atoms with van der Waals surface area (Å²) in [5.41, 5.74) is 0.776. The van der Waals surface area contributed by atoms with Gasteiger partial charge in [-0.15, -0.1) is 0 Å². The molecule has 8 heteroatoms. The van der Waals surface area contributed by atoms with E-state index in [1.807, 2.05) is 18.2 Å². The van der Waals surface area contributed by atoms with Crippen LogP contribution in [0.4, 0.5) is 0 Å². The van der Waals surface area contributed by atoms with E-state index < -0.39 is 15.9 Å². The number of nitrogens with one attached hydrogen (secondary N) is 1. The number of sulfonamides is 1. The highest BCUT2D eigenvalue weighted by Gasteiger charge is 2.26. The second-order valence-corrected chi connectivity index (χ2v) is 7.80. The number of nitrogens with zero attached hydrogens (tertiary/aromatic N) is 1. The summed E-state index contributed by atoms with van der Waals surface area (Å²) in [7, 11) is -2.38. The monoisotopic (exact) mass is 392 g/mol. The molecule has 0 fully saturated rings. The Balaban J connectivity index is 2.24. The molecule has 0 aliphatic heterocycles. The normalized spacial score (nSPS) is 11.4. The van der Waals surface area contributed by atoms with Crippen LogP contribution in [0.5, 0.6) is 5.75 Å². The predicted molar refractivity (Wildman–Crippen MR) is 102 cm³/mol. The maximum absolute atomic E-state index is 13.1. The van der Waals surface area contributed by atoms with Gasteiger partial charge in [0.05, 0.1) is 18.6 Å². The first-order valence-electron chi connectivity index (χ1n) is 8.53. The molecule has 0 aliphatic carbocycles. The molecule has 0 atom stereocenters. The Hall–Kier alpha value is -2.42. The molecule has 0 aliphatic rings. The van der Waals surface area contributed by atoms with E-state index in [0.29, 0.717) is 12.2 Å². The highest BCUT2D eigenvalue weighted by Crippen LogP contribution is 2.21. The lowest BCUT2D eigenvalue weighted by Crippen LogP contribution is -2.40. The highest BCUT2D eigenvalue weighted by molar-refractivity contribution is 7.89. The average molecular weight is 392 g/mol. The Bertz CT molecular complexity index is 823. The second kappa shape index (κ2) is 10.1. The zero-order chi connectivity index (χ0) is 19.7. The zero-order valence-electron chi connectivity index (χ0n) is 15.2. The Morgan fingerprint density at radius 1 is 1.11 bits per heavy atom. The molecule has 0 heterocycles. The molecule has 0 unspecified atom stereocenters. The van der Waals surface area contributed by atoms with Crippen molar-refractivity contribution in [2.75, 3.05) is 26.8 Å². The smallest absolute Gasteiger partial charge is 0.243 e. The average Bonchev–Trinajstić information content (AvgIpc) is 2.68. The van der Waals surface area contributed by atoms with E-state index in [2.05, 4.69) is 5.32 Å². The van der Waals surface area contributed by atoms with Gasteiger partial charge in [-0.1, -0.05) is 30.3 Å². The predicted octanol–water partition coefficient (Wildman–Crippen LogP) is 1.38. The van der Waals surface area contributed by atoms with E-state index in [9.17, 15) is 13.2 Å². The van der Waals surface area contributed by atoms with Gasteiger partial charge in [-0.3, -0.25) is 4.79 Å². The van der Waals surface area contributed by atoms with Crippen LogP contribution in [0.2, 0.25) is 0 Å². The minimum Gasteiger partial charge on any atom is -0.497 e. The van der Waals surface area contributed by atoms with Crippen molar-refractivity contribution in [3.63, 3.8) is 0 Å². The number of carbonyl (C=O) groups excluding carboxylic acids is 1. The van der Waals surface area contributed by atoms with Crippen LogP contribution in [0.3, 0.4) is 0 Å². The molecule has 0 spiro atoms. The standard InChI is InChI=1S/C19H24N2O5S/c1-26-17-8-10-18(11-9-17)27(24,25)21(14-16-6-3-2-4-7-16)15-19(23)20-12-5-13-22/h2-4,6-11,22H,5,12-15H2,1H3,(H,20,23). The molecule has 2 rings (SSSR count). The molecular weight excluding hydrogens is 368 g/mol. The van der Waals surface area contributed by atoms with Crippen LogP contribution in [-0.2, 0) is 21.4 Å². The van der Waals surface area contributed by atoms with Crippen molar-refractivity contribution in [2.45, 2.75) is 17.9 Å². The molecule has 0 saturated carbocycles. The van der Waals surface area contributed by atoms with Crippen molar-refractivity contribution < 1.29 is 23.1 Å². The summed E-state index contributed by atoms with van der Waals surface area (Å²) in [4.78, 5) is 12.3. The lowest BCUT2D eigenvalue weighted by molar-refractivity contribution is -0.121. The van der Waals surface area contributed by atoms with Gasteiger partial charge in [0.15, 0.2) is 0 Å². The summed E-state index contributed by atoms with van der Waals surface area (Å²) in [5.74, 6) is 0.127. The minimum atomic E-state index is -3.88. The summed E-state index contributed by atoms with van der Waals surface area (Å²) in [6, 6.07) is 15.1. The number of amides is 1. The van der Waals surface area contributed by atoms with Crippen LogP contribution in [0.15, 0.2) is 59.5 Å². The van der Waals surface area contributed by atoms with Gasteiger partial charge < -0.3 is 15.2 Å². The lowest BCUT2D eigenvalue weighted by Gasteiger charge is -2.22. The number of benzene rings is 2. The topological polar surface area (TPSA) is 95.9 Å². The largest absolute Gasteiger partial charge is 0.497 e. The summed E-state index contributed by atoms with van der Waals surface area (Å²) in [6.07, 6.45) is 0.412. The first-order chi connectivity index (χ1) is 13.0. The molecule has 7 nitrogen and oxygen atoms in total. The summed E-state index contributed by atoms with van der Waals surface area (Å²) in [6.45, 7) is 0.00651. The van der Waals surface area contributed by atoms with E-state index >= 15 is 0 Å². The van der Waals surface area contributed by atoms with Crippen molar-refractivity contribution in [1.29, 1.82) is 0 Å². The number of aliphatic hydroxyl groups is 1. The number of methoxy groups -OCH3 is 1. The number of hydrogen-bond donors (Lipinski definition) is 2. The molecule has 1 amide bonds. The van der Waals surface area contributed by atoms with E-state index in [1.165, 1.54) is 19.2 Å². The maximum atomic E-state index is 13.1. The van der Waals surface area contributed by atoms with Crippen molar-refractivity contribution in [1.82, 2.24) is 9.62 Å². The van der Waals surface area contributed by atoms with Gasteiger partial charge in [-0.2, -0.15) is 4.31 Å².